The molecule has 0 aliphatic heterocycles. The van der Waals surface area contributed by atoms with Gasteiger partial charge in [0.25, 0.3) is 0 Å². The molecule has 0 radical (unpaired) electrons. The first kappa shape index (κ1) is 16.2. The first-order valence-electron chi connectivity index (χ1n) is 7.14. The highest BCUT2D eigenvalue weighted by Gasteiger charge is 2.22. The number of rotatable bonds is 5. The van der Waals surface area contributed by atoms with E-state index in [1.165, 1.54) is 6.07 Å². The number of aromatic nitrogens is 2. The van der Waals surface area contributed by atoms with Gasteiger partial charge in [-0.05, 0) is 38.1 Å². The molecule has 2 rings (SSSR count). The lowest BCUT2D eigenvalue weighted by molar-refractivity contribution is -0.123. The molecule has 0 fully saturated rings. The lowest BCUT2D eigenvalue weighted by Crippen LogP contribution is -2.37. The maximum atomic E-state index is 13.3. The Morgan fingerprint density at radius 1 is 1.36 bits per heavy atom. The van der Waals surface area contributed by atoms with Gasteiger partial charge in [0.1, 0.15) is 11.9 Å². The van der Waals surface area contributed by atoms with Crippen molar-refractivity contribution in [3.63, 3.8) is 0 Å². The molecule has 5 nitrogen and oxygen atoms in total. The van der Waals surface area contributed by atoms with Gasteiger partial charge in [0.2, 0.25) is 5.91 Å². The highest BCUT2D eigenvalue weighted by Crippen LogP contribution is 2.18. The molecule has 0 spiro atoms. The number of hydrogen-bond acceptors (Lipinski definition) is 3. The van der Waals surface area contributed by atoms with Crippen molar-refractivity contribution in [1.29, 1.82) is 0 Å². The zero-order valence-electron chi connectivity index (χ0n) is 13.2. The molecule has 0 aliphatic rings. The van der Waals surface area contributed by atoms with Crippen LogP contribution in [0, 0.1) is 12.7 Å². The Hall–Kier alpha value is -2.21. The van der Waals surface area contributed by atoms with E-state index in [1.54, 1.807) is 50.2 Å². The highest BCUT2D eigenvalue weighted by atomic mass is 19.1. The molecule has 1 amide bonds. The highest BCUT2D eigenvalue weighted by molar-refractivity contribution is 5.83. The lowest BCUT2D eigenvalue weighted by atomic mass is 10.0. The van der Waals surface area contributed by atoms with Crippen molar-refractivity contribution in [3.8, 4) is 0 Å². The molecule has 118 valence electrons. The van der Waals surface area contributed by atoms with Gasteiger partial charge in [0, 0.05) is 18.8 Å². The number of nitrogens with zero attached hydrogens (tertiary/aromatic N) is 2. The number of aryl methyl sites for hydroxylation is 2. The second-order valence-corrected chi connectivity index (χ2v) is 5.41. The van der Waals surface area contributed by atoms with Gasteiger partial charge in [0.05, 0.1) is 12.2 Å². The number of carbonyl (C=O) groups excluding carboxylic acids is 1. The summed E-state index contributed by atoms with van der Waals surface area (Å²) in [4.78, 5) is 12.4. The molecule has 2 N–H and O–H groups in total. The third-order valence-electron chi connectivity index (χ3n) is 3.65. The first-order chi connectivity index (χ1) is 10.4. The fourth-order valence-corrected chi connectivity index (χ4v) is 2.36. The summed E-state index contributed by atoms with van der Waals surface area (Å²) in [6.45, 7) is 3.58. The number of halogens is 1. The summed E-state index contributed by atoms with van der Waals surface area (Å²) in [7, 11) is 3.53. The number of benzene rings is 1. The summed E-state index contributed by atoms with van der Waals surface area (Å²) < 4.78 is 15.0. The maximum Gasteiger partial charge on any atom is 0.242 e. The van der Waals surface area contributed by atoms with Crippen molar-refractivity contribution in [2.45, 2.75) is 25.9 Å². The summed E-state index contributed by atoms with van der Waals surface area (Å²) in [6, 6.07) is 4.17. The van der Waals surface area contributed by atoms with E-state index in [0.717, 1.165) is 11.1 Å². The SMILES string of the molecule is CNC(C(=O)NC(C)c1ccc(F)c(C)c1)c1cnn(C)c1. The molecule has 2 atom stereocenters. The van der Waals surface area contributed by atoms with Crippen LogP contribution in [0.1, 0.15) is 35.7 Å². The average molecular weight is 304 g/mol. The molecule has 2 unspecified atom stereocenters. The van der Waals surface area contributed by atoms with Crippen LogP contribution in [0.3, 0.4) is 0 Å². The molecule has 22 heavy (non-hydrogen) atoms. The van der Waals surface area contributed by atoms with E-state index < -0.39 is 6.04 Å². The molecule has 0 aliphatic carbocycles. The van der Waals surface area contributed by atoms with E-state index in [4.69, 9.17) is 0 Å². The smallest absolute Gasteiger partial charge is 0.242 e. The van der Waals surface area contributed by atoms with Gasteiger partial charge in [-0.2, -0.15) is 5.10 Å². The van der Waals surface area contributed by atoms with Crippen molar-refractivity contribution in [2.24, 2.45) is 7.05 Å². The Bertz CT molecular complexity index is 668. The largest absolute Gasteiger partial charge is 0.348 e. The Kier molecular flexibility index (Phi) is 4.92. The van der Waals surface area contributed by atoms with E-state index in [1.807, 2.05) is 6.92 Å². The quantitative estimate of drug-likeness (QED) is 0.888. The topological polar surface area (TPSA) is 59.0 Å². The molecule has 2 aromatic rings. The van der Waals surface area contributed by atoms with E-state index in [-0.39, 0.29) is 17.8 Å². The van der Waals surface area contributed by atoms with Crippen LogP contribution in [-0.2, 0) is 11.8 Å². The first-order valence-corrected chi connectivity index (χ1v) is 7.14. The minimum atomic E-state index is -0.474. The monoisotopic (exact) mass is 304 g/mol. The van der Waals surface area contributed by atoms with Crippen LogP contribution in [0.2, 0.25) is 0 Å². The number of likely N-dealkylation sites (N-methyl/N-ethyl adjacent to an activating group) is 1. The summed E-state index contributed by atoms with van der Waals surface area (Å²) in [5.74, 6) is -0.393. The summed E-state index contributed by atoms with van der Waals surface area (Å²) >= 11 is 0. The zero-order valence-corrected chi connectivity index (χ0v) is 13.2. The number of nitrogens with one attached hydrogen (secondary N) is 2. The molecule has 1 aromatic heterocycles. The fourth-order valence-electron chi connectivity index (χ4n) is 2.36. The van der Waals surface area contributed by atoms with Gasteiger partial charge in [-0.3, -0.25) is 9.48 Å². The van der Waals surface area contributed by atoms with E-state index in [0.29, 0.717) is 5.56 Å². The second-order valence-electron chi connectivity index (χ2n) is 5.41. The molecule has 1 aromatic carbocycles. The third-order valence-corrected chi connectivity index (χ3v) is 3.65. The Balaban J connectivity index is 2.10. The van der Waals surface area contributed by atoms with Crippen LogP contribution in [0.25, 0.3) is 0 Å². The minimum Gasteiger partial charge on any atom is -0.348 e. The van der Waals surface area contributed by atoms with Gasteiger partial charge >= 0.3 is 0 Å². The molecule has 0 bridgehead atoms. The third kappa shape index (κ3) is 3.51. The fraction of sp³-hybridized carbons (Fsp3) is 0.375. The summed E-state index contributed by atoms with van der Waals surface area (Å²) in [5, 5.41) is 10.0. The Morgan fingerprint density at radius 3 is 2.64 bits per heavy atom. The van der Waals surface area contributed by atoms with Gasteiger partial charge < -0.3 is 10.6 Å². The van der Waals surface area contributed by atoms with Gasteiger partial charge in [-0.1, -0.05) is 12.1 Å². The number of amides is 1. The van der Waals surface area contributed by atoms with Crippen LogP contribution in [0.15, 0.2) is 30.6 Å². The van der Waals surface area contributed by atoms with Crippen LogP contribution in [0.4, 0.5) is 4.39 Å². The Labute approximate surface area is 129 Å². The van der Waals surface area contributed by atoms with Crippen molar-refractivity contribution in [2.75, 3.05) is 7.05 Å². The number of hydrogen-bond donors (Lipinski definition) is 2. The second kappa shape index (κ2) is 6.70. The van der Waals surface area contributed by atoms with Crippen molar-refractivity contribution in [1.82, 2.24) is 20.4 Å². The summed E-state index contributed by atoms with van der Waals surface area (Å²) in [6.07, 6.45) is 3.46. The minimum absolute atomic E-state index is 0.148. The molecular weight excluding hydrogens is 283 g/mol. The zero-order chi connectivity index (χ0) is 16.3. The van der Waals surface area contributed by atoms with Crippen molar-refractivity contribution >= 4 is 5.91 Å². The van der Waals surface area contributed by atoms with Crippen LogP contribution >= 0.6 is 0 Å². The lowest BCUT2D eigenvalue weighted by Gasteiger charge is -2.20. The molecule has 0 saturated heterocycles. The molecule has 6 heteroatoms. The predicted molar refractivity (Wildman–Crippen MR) is 82.7 cm³/mol. The van der Waals surface area contributed by atoms with Crippen molar-refractivity contribution < 1.29 is 9.18 Å². The molecule has 1 heterocycles. The maximum absolute atomic E-state index is 13.3. The van der Waals surface area contributed by atoms with Crippen LogP contribution < -0.4 is 10.6 Å². The van der Waals surface area contributed by atoms with Gasteiger partial charge in [-0.15, -0.1) is 0 Å². The van der Waals surface area contributed by atoms with Gasteiger partial charge in [0.15, 0.2) is 0 Å². The molecule has 0 saturated carbocycles. The van der Waals surface area contributed by atoms with E-state index >= 15 is 0 Å². The van der Waals surface area contributed by atoms with E-state index in [9.17, 15) is 9.18 Å². The van der Waals surface area contributed by atoms with Crippen LogP contribution in [-0.4, -0.2) is 22.7 Å². The predicted octanol–water partition coefficient (Wildman–Crippen LogP) is 2.01. The van der Waals surface area contributed by atoms with Crippen LogP contribution in [0.5, 0.6) is 0 Å². The molecular formula is C16H21FN4O. The van der Waals surface area contributed by atoms with Crippen molar-refractivity contribution in [3.05, 3.63) is 53.1 Å². The average Bonchev–Trinajstić information content (AvgIpc) is 2.89. The van der Waals surface area contributed by atoms with Gasteiger partial charge in [-0.25, -0.2) is 4.39 Å². The normalized spacial score (nSPS) is 13.7. The summed E-state index contributed by atoms with van der Waals surface area (Å²) in [5.41, 5.74) is 2.23. The number of carbonyl (C=O) groups is 1. The standard InChI is InChI=1S/C16H21FN4O/c1-10-7-12(5-6-14(10)17)11(2)20-16(22)15(18-3)13-8-19-21(4)9-13/h5-9,11,15,18H,1-4H3,(H,20,22). The Morgan fingerprint density at radius 2 is 2.09 bits per heavy atom. The van der Waals surface area contributed by atoms with E-state index in [2.05, 4.69) is 15.7 Å².